The van der Waals surface area contributed by atoms with E-state index in [0.29, 0.717) is 17.5 Å². The van der Waals surface area contributed by atoms with E-state index in [4.69, 9.17) is 11.6 Å². The lowest BCUT2D eigenvalue weighted by molar-refractivity contribution is 0.00957. The molecule has 0 bridgehead atoms. The van der Waals surface area contributed by atoms with Gasteiger partial charge in [0.05, 0.1) is 6.10 Å². The highest BCUT2D eigenvalue weighted by molar-refractivity contribution is 6.30. The molecule has 4 nitrogen and oxygen atoms in total. The van der Waals surface area contributed by atoms with E-state index in [1.165, 1.54) is 6.42 Å². The lowest BCUT2D eigenvalue weighted by Gasteiger charge is -2.38. The fourth-order valence-electron chi connectivity index (χ4n) is 2.89. The van der Waals surface area contributed by atoms with Crippen molar-refractivity contribution in [3.63, 3.8) is 0 Å². The second-order valence-corrected chi connectivity index (χ2v) is 6.37. The number of nitrogens with one attached hydrogen (secondary N) is 1. The van der Waals surface area contributed by atoms with E-state index in [2.05, 4.69) is 22.2 Å². The second kappa shape index (κ2) is 6.27. The second-order valence-electron chi connectivity index (χ2n) is 6.01. The molecule has 0 radical (unpaired) electrons. The van der Waals surface area contributed by atoms with Crippen LogP contribution in [0.25, 0.3) is 0 Å². The van der Waals surface area contributed by atoms with Gasteiger partial charge >= 0.3 is 0 Å². The molecule has 2 unspecified atom stereocenters. The topological polar surface area (TPSA) is 58.0 Å². The molecule has 2 atom stereocenters. The summed E-state index contributed by atoms with van der Waals surface area (Å²) in [4.78, 5) is 8.65. The molecule has 20 heavy (non-hydrogen) atoms. The normalized spacial score (nSPS) is 26.6. The minimum absolute atomic E-state index is 0.0887. The van der Waals surface area contributed by atoms with Crippen molar-refractivity contribution >= 4 is 17.4 Å². The van der Waals surface area contributed by atoms with Gasteiger partial charge in [0.25, 0.3) is 0 Å². The molecule has 2 N–H and O–H groups in total. The molecule has 1 aromatic rings. The van der Waals surface area contributed by atoms with Crippen LogP contribution < -0.4 is 5.32 Å². The first-order valence-corrected chi connectivity index (χ1v) is 7.79. The van der Waals surface area contributed by atoms with Crippen LogP contribution in [0.2, 0.25) is 5.15 Å². The number of halogens is 1. The van der Waals surface area contributed by atoms with Gasteiger partial charge in [-0.25, -0.2) is 9.97 Å². The van der Waals surface area contributed by atoms with Crippen LogP contribution in [0.1, 0.15) is 50.9 Å². The van der Waals surface area contributed by atoms with Crippen LogP contribution in [0, 0.1) is 12.3 Å². The molecule has 1 aliphatic rings. The molecular formula is C15H24ClN3O. The Morgan fingerprint density at radius 3 is 2.80 bits per heavy atom. The maximum Gasteiger partial charge on any atom is 0.138 e. The first-order chi connectivity index (χ1) is 9.46. The molecular weight excluding hydrogens is 274 g/mol. The third-order valence-electron chi connectivity index (χ3n) is 4.36. The van der Waals surface area contributed by atoms with Crippen LogP contribution in [-0.2, 0) is 6.42 Å². The highest BCUT2D eigenvalue weighted by Gasteiger charge is 2.35. The van der Waals surface area contributed by atoms with Gasteiger partial charge in [-0.15, -0.1) is 0 Å². The van der Waals surface area contributed by atoms with Crippen molar-refractivity contribution in [2.75, 3.05) is 11.9 Å². The lowest BCUT2D eigenvalue weighted by Crippen LogP contribution is -2.41. The number of aliphatic hydroxyl groups excluding tert-OH is 1. The molecule has 1 aliphatic carbocycles. The lowest BCUT2D eigenvalue weighted by atomic mass is 9.73. The van der Waals surface area contributed by atoms with Crippen LogP contribution in [0.5, 0.6) is 0 Å². The van der Waals surface area contributed by atoms with Gasteiger partial charge in [0.2, 0.25) is 0 Å². The molecule has 5 heteroatoms. The molecule has 0 amide bonds. The Hall–Kier alpha value is -0.870. The van der Waals surface area contributed by atoms with E-state index in [1.807, 2.05) is 13.8 Å². The maximum absolute atomic E-state index is 10.2. The zero-order valence-corrected chi connectivity index (χ0v) is 13.3. The quantitative estimate of drug-likeness (QED) is 0.837. The van der Waals surface area contributed by atoms with Crippen LogP contribution in [0.15, 0.2) is 0 Å². The van der Waals surface area contributed by atoms with Crippen molar-refractivity contribution < 1.29 is 5.11 Å². The van der Waals surface area contributed by atoms with E-state index in [0.717, 1.165) is 37.1 Å². The number of nitrogens with zero attached hydrogens (tertiary/aromatic N) is 2. The summed E-state index contributed by atoms with van der Waals surface area (Å²) in [5.74, 6) is 1.48. The van der Waals surface area contributed by atoms with Gasteiger partial charge in [-0.3, -0.25) is 0 Å². The molecule has 1 heterocycles. The minimum atomic E-state index is -0.243. The Kier molecular flexibility index (Phi) is 4.86. The SMILES string of the molecule is CCc1c(Cl)nc(C)nc1NCC1(C)CCCCC1O. The van der Waals surface area contributed by atoms with Crippen molar-refractivity contribution in [3.8, 4) is 0 Å². The Morgan fingerprint density at radius 1 is 1.40 bits per heavy atom. The summed E-state index contributed by atoms with van der Waals surface area (Å²) < 4.78 is 0. The molecule has 1 aromatic heterocycles. The number of hydrogen-bond donors (Lipinski definition) is 2. The minimum Gasteiger partial charge on any atom is -0.392 e. The number of rotatable bonds is 4. The van der Waals surface area contributed by atoms with Crippen molar-refractivity contribution in [3.05, 3.63) is 16.5 Å². The summed E-state index contributed by atoms with van der Waals surface area (Å²) in [6.07, 6.45) is 4.78. The van der Waals surface area contributed by atoms with E-state index in [1.54, 1.807) is 0 Å². The zero-order chi connectivity index (χ0) is 14.8. The van der Waals surface area contributed by atoms with Gasteiger partial charge < -0.3 is 10.4 Å². The Bertz CT molecular complexity index is 480. The molecule has 0 spiro atoms. The molecule has 1 fully saturated rings. The van der Waals surface area contributed by atoms with Crippen LogP contribution in [-0.4, -0.2) is 27.7 Å². The molecule has 0 aromatic carbocycles. The summed E-state index contributed by atoms with van der Waals surface area (Å²) in [6.45, 7) is 6.75. The summed E-state index contributed by atoms with van der Waals surface area (Å²) in [5, 5.41) is 14.2. The van der Waals surface area contributed by atoms with Crippen LogP contribution in [0.4, 0.5) is 5.82 Å². The van der Waals surface area contributed by atoms with E-state index >= 15 is 0 Å². The van der Waals surface area contributed by atoms with Crippen molar-refractivity contribution in [1.82, 2.24) is 9.97 Å². The summed E-state index contributed by atoms with van der Waals surface area (Å²) in [7, 11) is 0. The van der Waals surface area contributed by atoms with Crippen molar-refractivity contribution in [2.24, 2.45) is 5.41 Å². The fraction of sp³-hybridized carbons (Fsp3) is 0.733. The highest BCUT2D eigenvalue weighted by Crippen LogP contribution is 2.36. The summed E-state index contributed by atoms with van der Waals surface area (Å²) in [5.41, 5.74) is 0.861. The van der Waals surface area contributed by atoms with Crippen molar-refractivity contribution in [1.29, 1.82) is 0 Å². The van der Waals surface area contributed by atoms with Gasteiger partial charge in [0, 0.05) is 17.5 Å². The maximum atomic E-state index is 10.2. The Morgan fingerprint density at radius 2 is 2.15 bits per heavy atom. The third-order valence-corrected chi connectivity index (χ3v) is 4.67. The number of aryl methyl sites for hydroxylation is 1. The average Bonchev–Trinajstić information content (AvgIpc) is 2.40. The number of aromatic nitrogens is 2. The monoisotopic (exact) mass is 297 g/mol. The smallest absolute Gasteiger partial charge is 0.138 e. The first kappa shape index (κ1) is 15.5. The Balaban J connectivity index is 2.14. The first-order valence-electron chi connectivity index (χ1n) is 7.41. The summed E-state index contributed by atoms with van der Waals surface area (Å²) >= 11 is 6.18. The summed E-state index contributed by atoms with van der Waals surface area (Å²) in [6, 6.07) is 0. The standard InChI is InChI=1S/C15H24ClN3O/c1-4-11-13(16)18-10(2)19-14(11)17-9-15(3)8-6-5-7-12(15)20/h12,20H,4-9H2,1-3H3,(H,17,18,19). The molecule has 2 rings (SSSR count). The van der Waals surface area contributed by atoms with Gasteiger partial charge in [0.15, 0.2) is 0 Å². The third kappa shape index (κ3) is 3.23. The molecule has 0 saturated heterocycles. The molecule has 112 valence electrons. The predicted octanol–water partition coefficient (Wildman–Crippen LogP) is 3.35. The van der Waals surface area contributed by atoms with Crippen LogP contribution in [0.3, 0.4) is 0 Å². The zero-order valence-electron chi connectivity index (χ0n) is 12.5. The van der Waals surface area contributed by atoms with Gasteiger partial charge in [-0.2, -0.15) is 0 Å². The van der Waals surface area contributed by atoms with E-state index in [-0.39, 0.29) is 11.5 Å². The predicted molar refractivity (Wildman–Crippen MR) is 82.2 cm³/mol. The molecule has 0 aliphatic heterocycles. The number of anilines is 1. The number of aliphatic hydroxyl groups is 1. The highest BCUT2D eigenvalue weighted by atomic mass is 35.5. The van der Waals surface area contributed by atoms with Crippen LogP contribution >= 0.6 is 11.6 Å². The average molecular weight is 298 g/mol. The van der Waals surface area contributed by atoms with Gasteiger partial charge in [-0.1, -0.05) is 38.3 Å². The van der Waals surface area contributed by atoms with Gasteiger partial charge in [-0.05, 0) is 26.2 Å². The fourth-order valence-corrected chi connectivity index (χ4v) is 3.24. The van der Waals surface area contributed by atoms with Gasteiger partial charge in [0.1, 0.15) is 16.8 Å². The molecule has 1 saturated carbocycles. The largest absolute Gasteiger partial charge is 0.392 e. The Labute approximate surface area is 126 Å². The van der Waals surface area contributed by atoms with Crippen molar-refractivity contribution in [2.45, 2.75) is 59.0 Å². The van der Waals surface area contributed by atoms with E-state index in [9.17, 15) is 5.11 Å². The number of hydrogen-bond acceptors (Lipinski definition) is 4. The van der Waals surface area contributed by atoms with E-state index < -0.39 is 0 Å².